The van der Waals surface area contributed by atoms with E-state index in [0.717, 1.165) is 5.69 Å². The van der Waals surface area contributed by atoms with E-state index in [2.05, 4.69) is 20.5 Å². The number of H-pyrrole nitrogens is 1. The van der Waals surface area contributed by atoms with E-state index in [9.17, 15) is 14.0 Å². The Morgan fingerprint density at radius 1 is 1.31 bits per heavy atom. The number of nitrogens with zero attached hydrogens (tertiary/aromatic N) is 3. The lowest BCUT2D eigenvalue weighted by molar-refractivity contribution is -0.116. The van der Waals surface area contributed by atoms with Gasteiger partial charge in [-0.05, 0) is 25.5 Å². The van der Waals surface area contributed by atoms with E-state index in [4.69, 9.17) is 0 Å². The third kappa shape index (κ3) is 3.85. The predicted octanol–water partition coefficient (Wildman–Crippen LogP) is 2.28. The quantitative estimate of drug-likeness (QED) is 0.734. The van der Waals surface area contributed by atoms with Crippen molar-refractivity contribution >= 4 is 11.7 Å². The van der Waals surface area contributed by atoms with Crippen LogP contribution >= 0.6 is 0 Å². The maximum Gasteiger partial charge on any atom is 0.254 e. The zero-order chi connectivity index (χ0) is 18.7. The maximum atomic E-state index is 13.6. The van der Waals surface area contributed by atoms with Crippen molar-refractivity contribution < 1.29 is 9.18 Å². The van der Waals surface area contributed by atoms with E-state index >= 15 is 0 Å². The number of amides is 1. The summed E-state index contributed by atoms with van der Waals surface area (Å²) in [6, 6.07) is 8.83. The van der Waals surface area contributed by atoms with Crippen molar-refractivity contribution in [3.63, 3.8) is 0 Å². The second-order valence-electron chi connectivity index (χ2n) is 5.84. The highest BCUT2D eigenvalue weighted by molar-refractivity contribution is 5.89. The Morgan fingerprint density at radius 2 is 2.12 bits per heavy atom. The van der Waals surface area contributed by atoms with Crippen LogP contribution in [0.1, 0.15) is 18.3 Å². The molecule has 1 amide bonds. The van der Waals surface area contributed by atoms with E-state index in [0.29, 0.717) is 23.5 Å². The average molecular weight is 355 g/mol. The molecule has 0 bridgehead atoms. The molecule has 2 heterocycles. The number of benzene rings is 1. The van der Waals surface area contributed by atoms with Crippen LogP contribution in [0, 0.1) is 12.7 Å². The monoisotopic (exact) mass is 355 g/mol. The van der Waals surface area contributed by atoms with E-state index in [1.807, 2.05) is 13.8 Å². The van der Waals surface area contributed by atoms with Crippen molar-refractivity contribution in [2.75, 3.05) is 5.32 Å². The SMILES string of the molecule is CCc1cc(=O)n(CC(=O)Nc2cc(C)[nH]n2)c(-c2cccc(F)c2)n1. The Bertz CT molecular complexity index is 1010. The first-order valence-electron chi connectivity index (χ1n) is 8.15. The Hall–Kier alpha value is -3.29. The molecule has 0 saturated heterocycles. The maximum absolute atomic E-state index is 13.6. The van der Waals surface area contributed by atoms with Gasteiger partial charge in [-0.15, -0.1) is 0 Å². The van der Waals surface area contributed by atoms with Crippen LogP contribution in [0.4, 0.5) is 10.2 Å². The Labute approximate surface area is 148 Å². The molecular weight excluding hydrogens is 337 g/mol. The van der Waals surface area contributed by atoms with Crippen LogP contribution in [0.2, 0.25) is 0 Å². The van der Waals surface area contributed by atoms with Gasteiger partial charge in [0.1, 0.15) is 18.2 Å². The summed E-state index contributed by atoms with van der Waals surface area (Å²) in [5.41, 5.74) is 1.44. The fraction of sp³-hybridized carbons (Fsp3) is 0.222. The number of aromatic amines is 1. The minimum Gasteiger partial charge on any atom is -0.308 e. The minimum absolute atomic E-state index is 0.252. The summed E-state index contributed by atoms with van der Waals surface area (Å²) < 4.78 is 14.8. The van der Waals surface area contributed by atoms with Gasteiger partial charge in [-0.1, -0.05) is 19.1 Å². The van der Waals surface area contributed by atoms with E-state index in [1.54, 1.807) is 12.1 Å². The molecule has 26 heavy (non-hydrogen) atoms. The molecule has 3 aromatic rings. The topological polar surface area (TPSA) is 92.7 Å². The molecule has 3 rings (SSSR count). The number of halogens is 1. The van der Waals surface area contributed by atoms with Gasteiger partial charge in [0.15, 0.2) is 5.82 Å². The largest absolute Gasteiger partial charge is 0.308 e. The van der Waals surface area contributed by atoms with Crippen LogP contribution in [-0.2, 0) is 17.8 Å². The van der Waals surface area contributed by atoms with Crippen molar-refractivity contribution in [3.05, 3.63) is 64.0 Å². The van der Waals surface area contributed by atoms with Crippen LogP contribution in [0.15, 0.2) is 41.2 Å². The Morgan fingerprint density at radius 3 is 2.77 bits per heavy atom. The minimum atomic E-state index is -0.443. The molecule has 7 nitrogen and oxygen atoms in total. The van der Waals surface area contributed by atoms with Gasteiger partial charge < -0.3 is 5.32 Å². The standard InChI is InChI=1S/C18H18FN5O2/c1-3-14-9-17(26)24(10-16(25)21-15-7-11(2)22-23-15)18(20-14)12-5-4-6-13(19)8-12/h4-9H,3,10H2,1-2H3,(H2,21,22,23,25). The number of aromatic nitrogens is 4. The summed E-state index contributed by atoms with van der Waals surface area (Å²) in [7, 11) is 0. The number of hydrogen-bond donors (Lipinski definition) is 2. The smallest absolute Gasteiger partial charge is 0.254 e. The van der Waals surface area contributed by atoms with Crippen LogP contribution in [-0.4, -0.2) is 25.7 Å². The number of carbonyl (C=O) groups is 1. The summed E-state index contributed by atoms with van der Waals surface area (Å²) in [5, 5.41) is 9.26. The first-order chi connectivity index (χ1) is 12.5. The summed E-state index contributed by atoms with van der Waals surface area (Å²) >= 11 is 0. The molecule has 0 fully saturated rings. The summed E-state index contributed by atoms with van der Waals surface area (Å²) in [5.74, 6) is -0.253. The lowest BCUT2D eigenvalue weighted by atomic mass is 10.2. The molecule has 134 valence electrons. The second kappa shape index (κ2) is 7.30. The molecule has 0 atom stereocenters. The third-order valence-electron chi connectivity index (χ3n) is 3.78. The summed E-state index contributed by atoms with van der Waals surface area (Å²) in [4.78, 5) is 29.2. The van der Waals surface area contributed by atoms with Crippen LogP contribution < -0.4 is 10.9 Å². The highest BCUT2D eigenvalue weighted by Crippen LogP contribution is 2.18. The molecule has 1 aromatic carbocycles. The molecule has 0 aliphatic heterocycles. The third-order valence-corrected chi connectivity index (χ3v) is 3.78. The molecule has 2 aromatic heterocycles. The molecule has 8 heteroatoms. The lowest BCUT2D eigenvalue weighted by Gasteiger charge is -2.13. The normalized spacial score (nSPS) is 10.7. The van der Waals surface area contributed by atoms with Crippen LogP contribution in [0.5, 0.6) is 0 Å². The highest BCUT2D eigenvalue weighted by atomic mass is 19.1. The first kappa shape index (κ1) is 17.5. The molecule has 0 spiro atoms. The van der Waals surface area contributed by atoms with Gasteiger partial charge in [-0.3, -0.25) is 19.3 Å². The van der Waals surface area contributed by atoms with Gasteiger partial charge in [0, 0.05) is 29.1 Å². The van der Waals surface area contributed by atoms with E-state index in [-0.39, 0.29) is 17.9 Å². The molecular formula is C18H18FN5O2. The number of hydrogen-bond acceptors (Lipinski definition) is 4. The molecule has 0 aliphatic rings. The second-order valence-corrected chi connectivity index (χ2v) is 5.84. The predicted molar refractivity (Wildman–Crippen MR) is 95.2 cm³/mol. The van der Waals surface area contributed by atoms with Crippen LogP contribution in [0.3, 0.4) is 0 Å². The van der Waals surface area contributed by atoms with Gasteiger partial charge in [-0.2, -0.15) is 5.10 Å². The Balaban J connectivity index is 1.97. The molecule has 0 unspecified atom stereocenters. The molecule has 0 aliphatic carbocycles. The zero-order valence-corrected chi connectivity index (χ0v) is 14.4. The number of aryl methyl sites for hydroxylation is 2. The number of carbonyl (C=O) groups excluding carboxylic acids is 1. The van der Waals surface area contributed by atoms with E-state index < -0.39 is 11.7 Å². The molecule has 0 radical (unpaired) electrons. The first-order valence-corrected chi connectivity index (χ1v) is 8.15. The highest BCUT2D eigenvalue weighted by Gasteiger charge is 2.15. The fourth-order valence-electron chi connectivity index (χ4n) is 2.54. The summed E-state index contributed by atoms with van der Waals surface area (Å²) in [6.07, 6.45) is 0.553. The van der Waals surface area contributed by atoms with Gasteiger partial charge in [0.25, 0.3) is 5.56 Å². The number of rotatable bonds is 5. The Kier molecular flexibility index (Phi) is 4.92. The van der Waals surface area contributed by atoms with Crippen molar-refractivity contribution in [2.45, 2.75) is 26.8 Å². The van der Waals surface area contributed by atoms with Crippen molar-refractivity contribution in [3.8, 4) is 11.4 Å². The van der Waals surface area contributed by atoms with Gasteiger partial charge >= 0.3 is 0 Å². The fourth-order valence-corrected chi connectivity index (χ4v) is 2.54. The van der Waals surface area contributed by atoms with Crippen molar-refractivity contribution in [1.29, 1.82) is 0 Å². The van der Waals surface area contributed by atoms with Gasteiger partial charge in [0.2, 0.25) is 5.91 Å². The van der Waals surface area contributed by atoms with Crippen molar-refractivity contribution in [2.24, 2.45) is 0 Å². The van der Waals surface area contributed by atoms with Gasteiger partial charge in [0.05, 0.1) is 0 Å². The summed E-state index contributed by atoms with van der Waals surface area (Å²) in [6.45, 7) is 3.42. The number of nitrogens with one attached hydrogen (secondary N) is 2. The average Bonchev–Trinajstić information content (AvgIpc) is 3.01. The van der Waals surface area contributed by atoms with Crippen LogP contribution in [0.25, 0.3) is 11.4 Å². The van der Waals surface area contributed by atoms with Gasteiger partial charge in [-0.25, -0.2) is 9.37 Å². The van der Waals surface area contributed by atoms with E-state index in [1.165, 1.54) is 28.8 Å². The molecule has 0 saturated carbocycles. The van der Waals surface area contributed by atoms with Crippen molar-refractivity contribution in [1.82, 2.24) is 19.7 Å². The lowest BCUT2D eigenvalue weighted by Crippen LogP contribution is -2.30. The molecule has 2 N–H and O–H groups in total. The zero-order valence-electron chi connectivity index (χ0n) is 14.4. The number of anilines is 1.